The van der Waals surface area contributed by atoms with Gasteiger partial charge in [0.05, 0.1) is 22.8 Å². The van der Waals surface area contributed by atoms with Crippen molar-refractivity contribution in [3.63, 3.8) is 0 Å². The number of phenolic OH excluding ortho intramolecular Hbond substituents is 1. The van der Waals surface area contributed by atoms with Gasteiger partial charge in [-0.2, -0.15) is 0 Å². The van der Waals surface area contributed by atoms with Crippen LogP contribution in [0.3, 0.4) is 0 Å². The fourth-order valence-corrected chi connectivity index (χ4v) is 1.99. The molecule has 4 nitrogen and oxygen atoms in total. The first kappa shape index (κ1) is 15.2. The van der Waals surface area contributed by atoms with E-state index in [1.54, 1.807) is 0 Å². The Balaban J connectivity index is 2.33. The molecule has 0 saturated carbocycles. The molecular formula is C14H10BrF2NO3. The Kier molecular flexibility index (Phi) is 4.42. The zero-order chi connectivity index (χ0) is 15.6. The molecule has 0 saturated heterocycles. The standard InChI is InChI=1S/C14H10BrF2NO3/c1-21-12-4-2-3-7(13(12)19)14(20)18-11-6-9(16)8(15)5-10(11)17/h2-6,19H,1H3,(H,18,20). The van der Waals surface area contributed by atoms with E-state index in [0.717, 1.165) is 12.1 Å². The van der Waals surface area contributed by atoms with Crippen LogP contribution in [0.5, 0.6) is 11.5 Å². The van der Waals surface area contributed by atoms with E-state index in [1.165, 1.54) is 25.3 Å². The van der Waals surface area contributed by atoms with Crippen molar-refractivity contribution < 1.29 is 23.4 Å². The maximum atomic E-state index is 13.7. The summed E-state index contributed by atoms with van der Waals surface area (Å²) >= 11 is 2.84. The number of hydrogen-bond donors (Lipinski definition) is 2. The molecule has 0 fully saturated rings. The molecule has 1 amide bonds. The molecule has 0 aliphatic heterocycles. The first-order valence-electron chi connectivity index (χ1n) is 5.76. The molecule has 110 valence electrons. The molecule has 0 bridgehead atoms. The molecule has 2 aromatic rings. The molecule has 2 rings (SSSR count). The highest BCUT2D eigenvalue weighted by molar-refractivity contribution is 9.10. The van der Waals surface area contributed by atoms with Crippen molar-refractivity contribution in [1.82, 2.24) is 0 Å². The number of para-hydroxylation sites is 1. The van der Waals surface area contributed by atoms with E-state index < -0.39 is 17.5 Å². The van der Waals surface area contributed by atoms with Gasteiger partial charge in [0.15, 0.2) is 11.5 Å². The number of rotatable bonds is 3. The van der Waals surface area contributed by atoms with Crippen molar-refractivity contribution >= 4 is 27.5 Å². The van der Waals surface area contributed by atoms with Crippen LogP contribution in [0, 0.1) is 11.6 Å². The highest BCUT2D eigenvalue weighted by atomic mass is 79.9. The maximum Gasteiger partial charge on any atom is 0.259 e. The smallest absolute Gasteiger partial charge is 0.259 e. The van der Waals surface area contributed by atoms with Gasteiger partial charge in [0.2, 0.25) is 0 Å². The van der Waals surface area contributed by atoms with Gasteiger partial charge >= 0.3 is 0 Å². The lowest BCUT2D eigenvalue weighted by Gasteiger charge is -2.10. The summed E-state index contributed by atoms with van der Waals surface area (Å²) in [4.78, 5) is 12.0. The topological polar surface area (TPSA) is 58.6 Å². The van der Waals surface area contributed by atoms with Crippen LogP contribution in [0.4, 0.5) is 14.5 Å². The average molecular weight is 358 g/mol. The molecule has 2 aromatic carbocycles. The third-order valence-corrected chi connectivity index (χ3v) is 3.33. The minimum Gasteiger partial charge on any atom is -0.504 e. The first-order valence-corrected chi connectivity index (χ1v) is 6.55. The molecule has 0 atom stereocenters. The van der Waals surface area contributed by atoms with E-state index in [2.05, 4.69) is 21.2 Å². The predicted molar refractivity (Wildman–Crippen MR) is 76.7 cm³/mol. The van der Waals surface area contributed by atoms with Gasteiger partial charge in [0.1, 0.15) is 11.6 Å². The lowest BCUT2D eigenvalue weighted by atomic mass is 10.1. The van der Waals surface area contributed by atoms with Crippen LogP contribution in [0.2, 0.25) is 0 Å². The highest BCUT2D eigenvalue weighted by Gasteiger charge is 2.17. The average Bonchev–Trinajstić information content (AvgIpc) is 2.44. The van der Waals surface area contributed by atoms with Gasteiger partial charge in [-0.1, -0.05) is 6.07 Å². The Morgan fingerprint density at radius 3 is 2.67 bits per heavy atom. The SMILES string of the molecule is COc1cccc(C(=O)Nc2cc(F)c(Br)cc2F)c1O. The second-order valence-electron chi connectivity index (χ2n) is 4.06. The summed E-state index contributed by atoms with van der Waals surface area (Å²) in [5.41, 5.74) is -0.444. The highest BCUT2D eigenvalue weighted by Crippen LogP contribution is 2.30. The van der Waals surface area contributed by atoms with Crippen molar-refractivity contribution in [1.29, 1.82) is 0 Å². The van der Waals surface area contributed by atoms with E-state index in [1.807, 2.05) is 0 Å². The van der Waals surface area contributed by atoms with E-state index in [0.29, 0.717) is 0 Å². The van der Waals surface area contributed by atoms with Gasteiger partial charge in [-0.15, -0.1) is 0 Å². The summed E-state index contributed by atoms with van der Waals surface area (Å²) in [6, 6.07) is 6.03. The Bertz CT molecular complexity index is 707. The number of anilines is 1. The molecule has 0 spiro atoms. The minimum atomic E-state index is -0.806. The van der Waals surface area contributed by atoms with Crippen LogP contribution in [-0.2, 0) is 0 Å². The zero-order valence-corrected chi connectivity index (χ0v) is 12.4. The third kappa shape index (κ3) is 3.13. The van der Waals surface area contributed by atoms with Gasteiger partial charge in [-0.3, -0.25) is 4.79 Å². The predicted octanol–water partition coefficient (Wildman–Crippen LogP) is 3.69. The third-order valence-electron chi connectivity index (χ3n) is 2.72. The second kappa shape index (κ2) is 6.09. The van der Waals surface area contributed by atoms with E-state index in [-0.39, 0.29) is 27.2 Å². The van der Waals surface area contributed by atoms with Gasteiger partial charge in [-0.05, 0) is 34.1 Å². The monoisotopic (exact) mass is 357 g/mol. The van der Waals surface area contributed by atoms with Gasteiger partial charge < -0.3 is 15.2 Å². The minimum absolute atomic E-state index is 0.0535. The second-order valence-corrected chi connectivity index (χ2v) is 4.91. The van der Waals surface area contributed by atoms with Crippen molar-refractivity contribution in [2.75, 3.05) is 12.4 Å². The lowest BCUT2D eigenvalue weighted by Crippen LogP contribution is -2.13. The normalized spacial score (nSPS) is 10.3. The molecule has 0 aromatic heterocycles. The van der Waals surface area contributed by atoms with E-state index in [9.17, 15) is 18.7 Å². The number of aromatic hydroxyl groups is 1. The number of methoxy groups -OCH3 is 1. The number of amides is 1. The van der Waals surface area contributed by atoms with Crippen LogP contribution in [0.1, 0.15) is 10.4 Å². The summed E-state index contributed by atoms with van der Waals surface area (Å²) < 4.78 is 31.9. The maximum absolute atomic E-state index is 13.7. The number of benzene rings is 2. The summed E-state index contributed by atoms with van der Waals surface area (Å²) in [6.45, 7) is 0. The molecule has 0 radical (unpaired) electrons. The molecule has 7 heteroatoms. The molecular weight excluding hydrogens is 348 g/mol. The summed E-state index contributed by atoms with van der Waals surface area (Å²) in [7, 11) is 1.33. The number of hydrogen-bond acceptors (Lipinski definition) is 3. The van der Waals surface area contributed by atoms with Crippen molar-refractivity contribution in [2.45, 2.75) is 0 Å². The molecule has 0 aliphatic carbocycles. The first-order chi connectivity index (χ1) is 9.93. The van der Waals surface area contributed by atoms with Crippen molar-refractivity contribution in [2.24, 2.45) is 0 Å². The summed E-state index contributed by atoms with van der Waals surface area (Å²) in [5, 5.41) is 12.0. The number of nitrogens with one attached hydrogen (secondary N) is 1. The summed E-state index contributed by atoms with van der Waals surface area (Å²) in [5.74, 6) is -2.59. The van der Waals surface area contributed by atoms with Crippen LogP contribution in [0.15, 0.2) is 34.8 Å². The van der Waals surface area contributed by atoms with E-state index in [4.69, 9.17) is 4.74 Å². The number of ether oxygens (including phenoxy) is 1. The Morgan fingerprint density at radius 2 is 2.00 bits per heavy atom. The Morgan fingerprint density at radius 1 is 1.29 bits per heavy atom. The zero-order valence-electron chi connectivity index (χ0n) is 10.8. The number of halogens is 3. The molecule has 0 aliphatic rings. The van der Waals surface area contributed by atoms with Crippen molar-refractivity contribution in [3.8, 4) is 11.5 Å². The van der Waals surface area contributed by atoms with Gasteiger partial charge in [-0.25, -0.2) is 8.78 Å². The molecule has 21 heavy (non-hydrogen) atoms. The fourth-order valence-electron chi connectivity index (χ4n) is 1.68. The van der Waals surface area contributed by atoms with Crippen LogP contribution in [0.25, 0.3) is 0 Å². The largest absolute Gasteiger partial charge is 0.504 e. The molecule has 2 N–H and O–H groups in total. The van der Waals surface area contributed by atoms with E-state index >= 15 is 0 Å². The van der Waals surface area contributed by atoms with Crippen LogP contribution >= 0.6 is 15.9 Å². The summed E-state index contributed by atoms with van der Waals surface area (Å²) in [6.07, 6.45) is 0. The Hall–Kier alpha value is -2.15. The van der Waals surface area contributed by atoms with Crippen LogP contribution < -0.4 is 10.1 Å². The molecule has 0 unspecified atom stereocenters. The molecule has 0 heterocycles. The Labute approximate surface area is 127 Å². The number of carbonyl (C=O) groups excluding carboxylic acids is 1. The van der Waals surface area contributed by atoms with Crippen molar-refractivity contribution in [3.05, 3.63) is 52.0 Å². The lowest BCUT2D eigenvalue weighted by molar-refractivity contribution is 0.102. The van der Waals surface area contributed by atoms with Crippen LogP contribution in [-0.4, -0.2) is 18.1 Å². The van der Waals surface area contributed by atoms with Gasteiger partial charge in [0.25, 0.3) is 5.91 Å². The quantitative estimate of drug-likeness (QED) is 0.823. The fraction of sp³-hybridized carbons (Fsp3) is 0.0714. The number of carbonyl (C=O) groups is 1. The van der Waals surface area contributed by atoms with Gasteiger partial charge in [0, 0.05) is 6.07 Å². The number of phenols is 1.